The van der Waals surface area contributed by atoms with Crippen LogP contribution in [0, 0.1) is 23.2 Å². The Hall–Kier alpha value is -0.390. The number of rotatable bonds is 0. The predicted octanol–water partition coefficient (Wildman–Crippen LogP) is 4.76. The first-order valence-electron chi connectivity index (χ1n) is 6.52. The molecular formula is C15H25+. The van der Waals surface area contributed by atoms with Gasteiger partial charge in [-0.2, -0.15) is 0 Å². The van der Waals surface area contributed by atoms with E-state index in [0.29, 0.717) is 5.41 Å². The molecule has 2 rings (SSSR count). The Kier molecular flexibility index (Phi) is 2.87. The summed E-state index contributed by atoms with van der Waals surface area (Å²) >= 11 is 0. The quantitative estimate of drug-likeness (QED) is 0.395. The van der Waals surface area contributed by atoms with Crippen LogP contribution in [0.4, 0.5) is 0 Å². The van der Waals surface area contributed by atoms with E-state index in [1.165, 1.54) is 32.1 Å². The van der Waals surface area contributed by atoms with Crippen LogP contribution in [0.15, 0.2) is 11.6 Å². The van der Waals surface area contributed by atoms with Gasteiger partial charge in [0.1, 0.15) is 0 Å². The average Bonchev–Trinajstić information content (AvgIpc) is 2.44. The molecule has 0 bridgehead atoms. The van der Waals surface area contributed by atoms with Crippen molar-refractivity contribution in [1.29, 1.82) is 0 Å². The van der Waals surface area contributed by atoms with Gasteiger partial charge in [-0.25, -0.2) is 0 Å². The van der Waals surface area contributed by atoms with Gasteiger partial charge >= 0.3 is 0 Å². The molecule has 0 heteroatoms. The summed E-state index contributed by atoms with van der Waals surface area (Å²) in [5.41, 5.74) is 2.20. The minimum Gasteiger partial charge on any atom is -0.0788 e. The fraction of sp³-hybridized carbons (Fsp3) is 0.800. The van der Waals surface area contributed by atoms with Gasteiger partial charge in [0.25, 0.3) is 0 Å². The van der Waals surface area contributed by atoms with E-state index in [-0.39, 0.29) is 0 Å². The number of hydrogen-bond acceptors (Lipinski definition) is 0. The summed E-state index contributed by atoms with van der Waals surface area (Å²) in [4.78, 5) is 0. The van der Waals surface area contributed by atoms with Crippen LogP contribution in [0.25, 0.3) is 0 Å². The highest BCUT2D eigenvalue weighted by molar-refractivity contribution is 5.21. The first-order chi connectivity index (χ1) is 6.98. The van der Waals surface area contributed by atoms with Crippen LogP contribution in [0.1, 0.15) is 59.8 Å². The Morgan fingerprint density at radius 2 is 2.07 bits per heavy atom. The molecule has 0 aliphatic heterocycles. The fourth-order valence-corrected chi connectivity index (χ4v) is 3.25. The molecule has 0 saturated heterocycles. The van der Waals surface area contributed by atoms with E-state index in [0.717, 1.165) is 11.8 Å². The normalized spacial score (nSPS) is 38.9. The average molecular weight is 205 g/mol. The Morgan fingerprint density at radius 1 is 1.33 bits per heavy atom. The summed E-state index contributed by atoms with van der Waals surface area (Å²) in [6, 6.07) is 0. The predicted molar refractivity (Wildman–Crippen MR) is 66.5 cm³/mol. The number of hydrogen-bond donors (Lipinski definition) is 0. The van der Waals surface area contributed by atoms with Gasteiger partial charge in [0.2, 0.25) is 0 Å². The second-order valence-corrected chi connectivity index (χ2v) is 6.47. The van der Waals surface area contributed by atoms with Crippen molar-refractivity contribution in [1.82, 2.24) is 0 Å². The molecular weight excluding hydrogens is 180 g/mol. The van der Waals surface area contributed by atoms with Crippen molar-refractivity contribution in [2.24, 2.45) is 17.3 Å². The minimum absolute atomic E-state index is 0.424. The molecule has 15 heavy (non-hydrogen) atoms. The molecule has 1 saturated carbocycles. The van der Waals surface area contributed by atoms with Crippen molar-refractivity contribution in [2.45, 2.75) is 59.8 Å². The van der Waals surface area contributed by atoms with Crippen LogP contribution in [0.2, 0.25) is 0 Å². The molecule has 1 fully saturated rings. The van der Waals surface area contributed by atoms with E-state index >= 15 is 0 Å². The van der Waals surface area contributed by atoms with E-state index in [2.05, 4.69) is 33.8 Å². The molecule has 2 aliphatic carbocycles. The Bertz CT molecular complexity index is 259. The number of fused-ring (bicyclic) bond motifs is 1. The minimum atomic E-state index is 0.424. The second kappa shape index (κ2) is 3.88. The van der Waals surface area contributed by atoms with Crippen molar-refractivity contribution in [3.05, 3.63) is 17.6 Å². The Balaban J connectivity index is 2.27. The maximum atomic E-state index is 2.61. The maximum Gasteiger partial charge on any atom is 0.0962 e. The summed E-state index contributed by atoms with van der Waals surface area (Å²) in [6.45, 7) is 9.59. The summed E-state index contributed by atoms with van der Waals surface area (Å²) in [7, 11) is 0. The molecule has 0 N–H and O–H groups in total. The third-order valence-corrected chi connectivity index (χ3v) is 4.34. The first kappa shape index (κ1) is 11.1. The smallest absolute Gasteiger partial charge is 0.0788 e. The van der Waals surface area contributed by atoms with Crippen LogP contribution in [0.3, 0.4) is 0 Å². The standard InChI is InChI=1S/C15H25/c1-11-7-8-15(3,4)10-14-12(2)5-6-13(14)9-11/h10,12-13H,5-9H2,1-4H3/q+1/b14-10-/t12-,13+/m0/s1. The first-order valence-corrected chi connectivity index (χ1v) is 6.52. The van der Waals surface area contributed by atoms with E-state index in [4.69, 9.17) is 0 Å². The van der Waals surface area contributed by atoms with Gasteiger partial charge in [0, 0.05) is 5.92 Å². The lowest BCUT2D eigenvalue weighted by atomic mass is 9.75. The van der Waals surface area contributed by atoms with Crippen molar-refractivity contribution < 1.29 is 0 Å². The third kappa shape index (κ3) is 2.41. The summed E-state index contributed by atoms with van der Waals surface area (Å²) in [5, 5.41) is 0. The highest BCUT2D eigenvalue weighted by atomic mass is 14.4. The van der Waals surface area contributed by atoms with Gasteiger partial charge in [0.15, 0.2) is 0 Å². The molecule has 0 nitrogen and oxygen atoms in total. The lowest BCUT2D eigenvalue weighted by Crippen LogP contribution is -2.17. The monoisotopic (exact) mass is 205 g/mol. The van der Waals surface area contributed by atoms with Crippen LogP contribution < -0.4 is 0 Å². The second-order valence-electron chi connectivity index (χ2n) is 6.47. The van der Waals surface area contributed by atoms with Crippen LogP contribution in [-0.4, -0.2) is 0 Å². The van der Waals surface area contributed by atoms with E-state index < -0.39 is 0 Å². The molecule has 2 atom stereocenters. The zero-order chi connectivity index (χ0) is 11.1. The fourth-order valence-electron chi connectivity index (χ4n) is 3.25. The van der Waals surface area contributed by atoms with E-state index in [1.807, 2.05) is 0 Å². The van der Waals surface area contributed by atoms with Crippen molar-refractivity contribution in [2.75, 3.05) is 0 Å². The molecule has 0 heterocycles. The lowest BCUT2D eigenvalue weighted by Gasteiger charge is -2.26. The molecule has 0 aromatic heterocycles. The van der Waals surface area contributed by atoms with Gasteiger partial charge in [-0.15, -0.1) is 0 Å². The van der Waals surface area contributed by atoms with Gasteiger partial charge in [0.05, 0.1) is 25.7 Å². The van der Waals surface area contributed by atoms with Crippen LogP contribution >= 0.6 is 0 Å². The topological polar surface area (TPSA) is 0 Å². The van der Waals surface area contributed by atoms with Gasteiger partial charge in [-0.05, 0) is 30.6 Å². The molecule has 84 valence electrons. The highest BCUT2D eigenvalue weighted by Gasteiger charge is 2.36. The third-order valence-electron chi connectivity index (χ3n) is 4.34. The SMILES string of the molecule is C[C+]1CCC(C)(C)/C=C2\[C@H](CC[C@@H]2C)C1. The van der Waals surface area contributed by atoms with Crippen LogP contribution in [-0.2, 0) is 0 Å². The highest BCUT2D eigenvalue weighted by Crippen LogP contribution is 2.45. The molecule has 0 aromatic rings. The Labute approximate surface area is 95.1 Å². The van der Waals surface area contributed by atoms with Crippen molar-refractivity contribution in [3.8, 4) is 0 Å². The van der Waals surface area contributed by atoms with Crippen LogP contribution in [0.5, 0.6) is 0 Å². The summed E-state index contributed by atoms with van der Waals surface area (Å²) in [5.74, 6) is 3.47. The molecule has 2 aliphatic rings. The molecule has 0 amide bonds. The van der Waals surface area contributed by atoms with Gasteiger partial charge in [-0.1, -0.05) is 32.4 Å². The Morgan fingerprint density at radius 3 is 2.80 bits per heavy atom. The molecule has 0 radical (unpaired) electrons. The number of allylic oxidation sites excluding steroid dienone is 2. The summed E-state index contributed by atoms with van der Waals surface area (Å²) in [6.07, 6.45) is 9.50. The molecule has 0 spiro atoms. The summed E-state index contributed by atoms with van der Waals surface area (Å²) < 4.78 is 0. The van der Waals surface area contributed by atoms with Gasteiger partial charge < -0.3 is 0 Å². The zero-order valence-electron chi connectivity index (χ0n) is 10.8. The van der Waals surface area contributed by atoms with Gasteiger partial charge in [-0.3, -0.25) is 0 Å². The molecule has 0 unspecified atom stereocenters. The van der Waals surface area contributed by atoms with E-state index in [1.54, 1.807) is 11.5 Å². The van der Waals surface area contributed by atoms with Crippen molar-refractivity contribution in [3.63, 3.8) is 0 Å². The zero-order valence-corrected chi connectivity index (χ0v) is 10.8. The lowest BCUT2D eigenvalue weighted by molar-refractivity contribution is 0.390. The molecule has 0 aromatic carbocycles. The van der Waals surface area contributed by atoms with Crippen molar-refractivity contribution >= 4 is 0 Å². The maximum absolute atomic E-state index is 2.61. The largest absolute Gasteiger partial charge is 0.0962 e. The van der Waals surface area contributed by atoms with E-state index in [9.17, 15) is 0 Å².